The Labute approximate surface area is 68.5 Å². The van der Waals surface area contributed by atoms with Gasteiger partial charge in [-0.1, -0.05) is 26.0 Å². The molecule has 0 aromatic rings. The molecule has 62 valence electrons. The van der Waals surface area contributed by atoms with E-state index in [1.54, 1.807) is 0 Å². The molecular formula is C10H16O. The summed E-state index contributed by atoms with van der Waals surface area (Å²) in [5.74, 6) is 1.25. The Kier molecular flexibility index (Phi) is 2.86. The van der Waals surface area contributed by atoms with Gasteiger partial charge in [0.25, 0.3) is 0 Å². The van der Waals surface area contributed by atoms with E-state index in [0.29, 0.717) is 11.7 Å². The van der Waals surface area contributed by atoms with E-state index in [4.69, 9.17) is 0 Å². The van der Waals surface area contributed by atoms with Crippen LogP contribution in [-0.2, 0) is 4.79 Å². The highest BCUT2D eigenvalue weighted by atomic mass is 16.1. The number of carbonyl (C=O) groups excluding carboxylic acids is 1. The number of ketones is 1. The second-order valence-electron chi connectivity index (χ2n) is 3.59. The Morgan fingerprint density at radius 2 is 2.27 bits per heavy atom. The molecule has 1 unspecified atom stereocenters. The van der Waals surface area contributed by atoms with Crippen molar-refractivity contribution in [3.05, 3.63) is 12.2 Å². The molecule has 0 radical (unpaired) electrons. The number of rotatable bonds is 2. The first-order chi connectivity index (χ1) is 5.20. The van der Waals surface area contributed by atoms with Crippen LogP contribution in [-0.4, -0.2) is 5.78 Å². The maximum absolute atomic E-state index is 11.1. The Balaban J connectivity index is 2.42. The Morgan fingerprint density at radius 3 is 2.73 bits per heavy atom. The zero-order chi connectivity index (χ0) is 8.27. The smallest absolute Gasteiger partial charge is 0.139 e. The standard InChI is InChI=1S/C10H16O/c1-8(2)6-7-9-4-3-5-10(9)11/h6-9H,3-5H2,1-2H3. The third-order valence-electron chi connectivity index (χ3n) is 2.08. The maximum Gasteiger partial charge on any atom is 0.139 e. The van der Waals surface area contributed by atoms with E-state index in [-0.39, 0.29) is 5.92 Å². The van der Waals surface area contributed by atoms with Gasteiger partial charge in [0.15, 0.2) is 0 Å². The van der Waals surface area contributed by atoms with E-state index in [9.17, 15) is 4.79 Å². The van der Waals surface area contributed by atoms with Gasteiger partial charge in [0, 0.05) is 12.3 Å². The van der Waals surface area contributed by atoms with Crippen molar-refractivity contribution in [2.45, 2.75) is 33.1 Å². The monoisotopic (exact) mass is 152 g/mol. The van der Waals surface area contributed by atoms with Crippen LogP contribution in [0.5, 0.6) is 0 Å². The Bertz CT molecular complexity index is 168. The first-order valence-corrected chi connectivity index (χ1v) is 4.41. The molecule has 1 heteroatoms. The fourth-order valence-corrected chi connectivity index (χ4v) is 1.40. The average molecular weight is 152 g/mol. The van der Waals surface area contributed by atoms with Crippen molar-refractivity contribution in [3.63, 3.8) is 0 Å². The molecule has 1 saturated carbocycles. The maximum atomic E-state index is 11.1. The third kappa shape index (κ3) is 2.49. The van der Waals surface area contributed by atoms with Crippen LogP contribution < -0.4 is 0 Å². The molecule has 1 aliphatic rings. The molecule has 0 bridgehead atoms. The lowest BCUT2D eigenvalue weighted by Gasteiger charge is -2.00. The Hall–Kier alpha value is -0.590. The molecule has 1 aliphatic carbocycles. The summed E-state index contributed by atoms with van der Waals surface area (Å²) in [7, 11) is 0. The molecule has 0 heterocycles. The SMILES string of the molecule is CC(C)C=CC1CCCC1=O. The quantitative estimate of drug-likeness (QED) is 0.556. The highest BCUT2D eigenvalue weighted by Gasteiger charge is 2.21. The fourth-order valence-electron chi connectivity index (χ4n) is 1.40. The molecule has 1 rings (SSSR count). The summed E-state index contributed by atoms with van der Waals surface area (Å²) in [6, 6.07) is 0. The molecular weight excluding hydrogens is 136 g/mol. The highest BCUT2D eigenvalue weighted by molar-refractivity contribution is 5.84. The van der Waals surface area contributed by atoms with Crippen molar-refractivity contribution < 1.29 is 4.79 Å². The summed E-state index contributed by atoms with van der Waals surface area (Å²) in [6.07, 6.45) is 7.18. The lowest BCUT2D eigenvalue weighted by atomic mass is 10.0. The minimum absolute atomic E-state index is 0.248. The first kappa shape index (κ1) is 8.51. The number of hydrogen-bond donors (Lipinski definition) is 0. The summed E-state index contributed by atoms with van der Waals surface area (Å²) < 4.78 is 0. The van der Waals surface area contributed by atoms with Crippen LogP contribution in [0.2, 0.25) is 0 Å². The predicted molar refractivity (Wildman–Crippen MR) is 46.3 cm³/mol. The van der Waals surface area contributed by atoms with Crippen molar-refractivity contribution in [1.29, 1.82) is 0 Å². The minimum Gasteiger partial charge on any atom is -0.299 e. The van der Waals surface area contributed by atoms with E-state index in [0.717, 1.165) is 19.3 Å². The van der Waals surface area contributed by atoms with Crippen molar-refractivity contribution in [2.75, 3.05) is 0 Å². The van der Waals surface area contributed by atoms with Gasteiger partial charge >= 0.3 is 0 Å². The Morgan fingerprint density at radius 1 is 1.55 bits per heavy atom. The van der Waals surface area contributed by atoms with Gasteiger partial charge in [0.2, 0.25) is 0 Å². The van der Waals surface area contributed by atoms with Gasteiger partial charge in [-0.2, -0.15) is 0 Å². The van der Waals surface area contributed by atoms with Crippen LogP contribution in [0.25, 0.3) is 0 Å². The topological polar surface area (TPSA) is 17.1 Å². The zero-order valence-electron chi connectivity index (χ0n) is 7.34. The zero-order valence-corrected chi connectivity index (χ0v) is 7.34. The van der Waals surface area contributed by atoms with E-state index in [1.165, 1.54) is 0 Å². The number of carbonyl (C=O) groups is 1. The van der Waals surface area contributed by atoms with E-state index in [2.05, 4.69) is 26.0 Å². The fraction of sp³-hybridized carbons (Fsp3) is 0.700. The summed E-state index contributed by atoms with van der Waals surface area (Å²) in [4.78, 5) is 11.1. The van der Waals surface area contributed by atoms with Gasteiger partial charge < -0.3 is 0 Å². The van der Waals surface area contributed by atoms with Crippen LogP contribution in [0.1, 0.15) is 33.1 Å². The van der Waals surface area contributed by atoms with Crippen molar-refractivity contribution in [3.8, 4) is 0 Å². The molecule has 1 atom stereocenters. The van der Waals surface area contributed by atoms with E-state index >= 15 is 0 Å². The second kappa shape index (κ2) is 3.70. The summed E-state index contributed by atoms with van der Waals surface area (Å²) >= 11 is 0. The second-order valence-corrected chi connectivity index (χ2v) is 3.59. The van der Waals surface area contributed by atoms with E-state index in [1.807, 2.05) is 0 Å². The predicted octanol–water partition coefficient (Wildman–Crippen LogP) is 2.57. The average Bonchev–Trinajstić information content (AvgIpc) is 2.31. The summed E-state index contributed by atoms with van der Waals surface area (Å²) in [5.41, 5.74) is 0. The molecule has 0 spiro atoms. The minimum atomic E-state index is 0.248. The molecule has 1 nitrogen and oxygen atoms in total. The van der Waals surface area contributed by atoms with E-state index < -0.39 is 0 Å². The van der Waals surface area contributed by atoms with Crippen molar-refractivity contribution in [1.82, 2.24) is 0 Å². The number of allylic oxidation sites excluding steroid dienone is 2. The van der Waals surface area contributed by atoms with Gasteiger partial charge in [-0.15, -0.1) is 0 Å². The molecule has 11 heavy (non-hydrogen) atoms. The van der Waals surface area contributed by atoms with Crippen LogP contribution in [0.3, 0.4) is 0 Å². The molecule has 1 fully saturated rings. The highest BCUT2D eigenvalue weighted by Crippen LogP contribution is 2.22. The molecule has 0 aromatic heterocycles. The summed E-state index contributed by atoms with van der Waals surface area (Å²) in [5, 5.41) is 0. The van der Waals surface area contributed by atoms with Crippen molar-refractivity contribution in [2.24, 2.45) is 11.8 Å². The van der Waals surface area contributed by atoms with Crippen LogP contribution in [0, 0.1) is 11.8 Å². The van der Waals surface area contributed by atoms with Gasteiger partial charge in [0.1, 0.15) is 5.78 Å². The van der Waals surface area contributed by atoms with Crippen molar-refractivity contribution >= 4 is 5.78 Å². The third-order valence-corrected chi connectivity index (χ3v) is 2.08. The lowest BCUT2D eigenvalue weighted by molar-refractivity contribution is -0.119. The van der Waals surface area contributed by atoms with Crippen LogP contribution in [0.4, 0.5) is 0 Å². The first-order valence-electron chi connectivity index (χ1n) is 4.41. The van der Waals surface area contributed by atoms with Gasteiger partial charge in [0.05, 0.1) is 0 Å². The van der Waals surface area contributed by atoms with Gasteiger partial charge in [-0.3, -0.25) is 4.79 Å². The lowest BCUT2D eigenvalue weighted by Crippen LogP contribution is -2.02. The molecule has 0 saturated heterocycles. The largest absolute Gasteiger partial charge is 0.299 e. The number of hydrogen-bond acceptors (Lipinski definition) is 1. The normalized spacial score (nSPS) is 25.7. The molecule has 0 aromatic carbocycles. The molecule has 0 aliphatic heterocycles. The van der Waals surface area contributed by atoms with Crippen LogP contribution >= 0.6 is 0 Å². The van der Waals surface area contributed by atoms with Gasteiger partial charge in [-0.05, 0) is 18.8 Å². The summed E-state index contributed by atoms with van der Waals surface area (Å²) in [6.45, 7) is 4.27. The van der Waals surface area contributed by atoms with Gasteiger partial charge in [-0.25, -0.2) is 0 Å². The molecule has 0 N–H and O–H groups in total. The molecule has 0 amide bonds. The van der Waals surface area contributed by atoms with Crippen LogP contribution in [0.15, 0.2) is 12.2 Å². The number of Topliss-reactive ketones (excluding diaryl/α,β-unsaturated/α-hetero) is 1.